The molecule has 1 nitrogen and oxygen atoms in total. The Morgan fingerprint density at radius 1 is 0.606 bits per heavy atom. The highest BCUT2D eigenvalue weighted by molar-refractivity contribution is 5.49. The van der Waals surface area contributed by atoms with Crippen molar-refractivity contribution in [2.75, 3.05) is 0 Å². The van der Waals surface area contributed by atoms with E-state index in [9.17, 15) is 5.11 Å². The number of phenols is 1. The maximum atomic E-state index is 10.7. The minimum absolute atomic E-state index is 0.119. The summed E-state index contributed by atoms with van der Waals surface area (Å²) in [6.07, 6.45) is 0. The monoisotopic (exact) mass is 434 g/mol. The SMILES string of the molecule is Cc1ccc(C(C)(C)c2ccc(O)c(C(C)c3ccccc3)c2)cc1C(C)c1ccccc1. The van der Waals surface area contributed by atoms with Crippen LogP contribution in [0.25, 0.3) is 0 Å². The summed E-state index contributed by atoms with van der Waals surface area (Å²) in [6.45, 7) is 11.2. The molecule has 0 saturated carbocycles. The van der Waals surface area contributed by atoms with Gasteiger partial charge in [-0.15, -0.1) is 0 Å². The second-order valence-electron chi connectivity index (χ2n) is 9.73. The van der Waals surface area contributed by atoms with Crippen LogP contribution in [0.1, 0.15) is 78.5 Å². The van der Waals surface area contributed by atoms with Crippen LogP contribution in [0.15, 0.2) is 97.1 Å². The number of aromatic hydroxyl groups is 1. The molecule has 0 saturated heterocycles. The second-order valence-corrected chi connectivity index (χ2v) is 9.73. The van der Waals surface area contributed by atoms with E-state index >= 15 is 0 Å². The van der Waals surface area contributed by atoms with Crippen molar-refractivity contribution >= 4 is 0 Å². The molecule has 0 aliphatic carbocycles. The van der Waals surface area contributed by atoms with Gasteiger partial charge < -0.3 is 5.11 Å². The van der Waals surface area contributed by atoms with Crippen LogP contribution in [0.5, 0.6) is 5.75 Å². The fourth-order valence-electron chi connectivity index (χ4n) is 4.80. The molecular formula is C32H34O. The number of phenolic OH excluding ortho intramolecular Hbond substituents is 1. The Bertz CT molecular complexity index is 1130. The van der Waals surface area contributed by atoms with Crippen LogP contribution in [0.4, 0.5) is 0 Å². The lowest BCUT2D eigenvalue weighted by molar-refractivity contribution is 0.465. The minimum Gasteiger partial charge on any atom is -0.508 e. The molecule has 0 amide bonds. The van der Waals surface area contributed by atoms with Crippen molar-refractivity contribution in [2.45, 2.75) is 51.9 Å². The molecule has 4 rings (SSSR count). The summed E-state index contributed by atoms with van der Waals surface area (Å²) < 4.78 is 0. The van der Waals surface area contributed by atoms with E-state index in [1.807, 2.05) is 12.1 Å². The summed E-state index contributed by atoms with van der Waals surface area (Å²) in [4.78, 5) is 0. The highest BCUT2D eigenvalue weighted by Crippen LogP contribution is 2.39. The van der Waals surface area contributed by atoms with Gasteiger partial charge in [-0.25, -0.2) is 0 Å². The third kappa shape index (κ3) is 4.59. The van der Waals surface area contributed by atoms with Gasteiger partial charge in [0.15, 0.2) is 0 Å². The van der Waals surface area contributed by atoms with Crippen LogP contribution in [-0.2, 0) is 5.41 Å². The Labute approximate surface area is 198 Å². The zero-order valence-electron chi connectivity index (χ0n) is 20.3. The molecular weight excluding hydrogens is 400 g/mol. The van der Waals surface area contributed by atoms with E-state index in [4.69, 9.17) is 0 Å². The molecule has 2 unspecified atom stereocenters. The van der Waals surface area contributed by atoms with Gasteiger partial charge >= 0.3 is 0 Å². The van der Waals surface area contributed by atoms with E-state index in [0.717, 1.165) is 5.56 Å². The van der Waals surface area contributed by atoms with Crippen LogP contribution in [-0.4, -0.2) is 5.11 Å². The van der Waals surface area contributed by atoms with Gasteiger partial charge in [0.25, 0.3) is 0 Å². The number of aryl methyl sites for hydroxylation is 1. The molecule has 0 heterocycles. The molecule has 2 atom stereocenters. The second kappa shape index (κ2) is 9.27. The largest absolute Gasteiger partial charge is 0.508 e. The number of hydrogen-bond acceptors (Lipinski definition) is 1. The van der Waals surface area contributed by atoms with E-state index in [1.54, 1.807) is 0 Å². The first-order chi connectivity index (χ1) is 15.8. The first-order valence-electron chi connectivity index (χ1n) is 11.8. The van der Waals surface area contributed by atoms with Gasteiger partial charge in [0.05, 0.1) is 0 Å². The van der Waals surface area contributed by atoms with Crippen molar-refractivity contribution in [2.24, 2.45) is 0 Å². The third-order valence-electron chi connectivity index (χ3n) is 7.28. The first-order valence-corrected chi connectivity index (χ1v) is 11.8. The van der Waals surface area contributed by atoms with Crippen LogP contribution in [0, 0.1) is 6.92 Å². The fourth-order valence-corrected chi connectivity index (χ4v) is 4.80. The fraction of sp³-hybridized carbons (Fsp3) is 0.250. The van der Waals surface area contributed by atoms with Crippen molar-refractivity contribution in [1.82, 2.24) is 0 Å². The summed E-state index contributed by atoms with van der Waals surface area (Å²) in [5.41, 5.74) is 8.49. The van der Waals surface area contributed by atoms with Crippen LogP contribution < -0.4 is 0 Å². The van der Waals surface area contributed by atoms with Gasteiger partial charge in [-0.3, -0.25) is 0 Å². The minimum atomic E-state index is -0.197. The predicted molar refractivity (Wildman–Crippen MR) is 139 cm³/mol. The molecule has 0 aliphatic heterocycles. The first kappa shape index (κ1) is 22.9. The molecule has 1 heteroatoms. The lowest BCUT2D eigenvalue weighted by atomic mass is 9.75. The zero-order chi connectivity index (χ0) is 23.6. The predicted octanol–water partition coefficient (Wildman–Crippen LogP) is 8.33. The summed E-state index contributed by atoms with van der Waals surface area (Å²) in [5, 5.41) is 10.7. The van der Waals surface area contributed by atoms with E-state index in [1.165, 1.54) is 33.4 Å². The number of hydrogen-bond donors (Lipinski definition) is 1. The van der Waals surface area contributed by atoms with E-state index in [-0.39, 0.29) is 11.3 Å². The normalized spacial score (nSPS) is 13.5. The molecule has 0 radical (unpaired) electrons. The van der Waals surface area contributed by atoms with Gasteiger partial charge in [0.2, 0.25) is 0 Å². The maximum Gasteiger partial charge on any atom is 0.119 e. The maximum absolute atomic E-state index is 10.7. The molecule has 4 aromatic carbocycles. The summed E-state index contributed by atoms with van der Waals surface area (Å²) in [6, 6.07) is 34.1. The molecule has 0 aliphatic rings. The summed E-state index contributed by atoms with van der Waals surface area (Å²) in [5.74, 6) is 0.803. The average molecular weight is 435 g/mol. The van der Waals surface area contributed by atoms with Crippen molar-refractivity contribution in [3.05, 3.63) is 136 Å². The lowest BCUT2D eigenvalue weighted by Gasteiger charge is -2.29. The van der Waals surface area contributed by atoms with Gasteiger partial charge in [-0.1, -0.05) is 119 Å². The third-order valence-corrected chi connectivity index (χ3v) is 7.28. The standard InChI is InChI=1S/C32H34O/c1-22-16-17-27(20-29(22)23(2)25-12-8-6-9-13-25)32(4,5)28-18-19-31(33)30(21-28)24(3)26-14-10-7-11-15-26/h6-21,23-24,33H,1-5H3. The van der Waals surface area contributed by atoms with Gasteiger partial charge in [0, 0.05) is 22.8 Å². The topological polar surface area (TPSA) is 20.2 Å². The Kier molecular flexibility index (Phi) is 6.42. The smallest absolute Gasteiger partial charge is 0.119 e. The quantitative estimate of drug-likeness (QED) is 0.323. The highest BCUT2D eigenvalue weighted by Gasteiger charge is 2.26. The average Bonchev–Trinajstić information content (AvgIpc) is 2.84. The molecule has 1 N–H and O–H groups in total. The highest BCUT2D eigenvalue weighted by atomic mass is 16.3. The molecule has 0 fully saturated rings. The van der Waals surface area contributed by atoms with Crippen molar-refractivity contribution in [3.63, 3.8) is 0 Å². The Morgan fingerprint density at radius 2 is 1.06 bits per heavy atom. The molecule has 0 aromatic heterocycles. The van der Waals surface area contributed by atoms with Crippen molar-refractivity contribution in [1.29, 1.82) is 0 Å². The molecule has 168 valence electrons. The summed E-state index contributed by atoms with van der Waals surface area (Å²) in [7, 11) is 0. The van der Waals surface area contributed by atoms with Crippen LogP contribution in [0.3, 0.4) is 0 Å². The molecule has 0 bridgehead atoms. The van der Waals surface area contributed by atoms with Crippen LogP contribution in [0.2, 0.25) is 0 Å². The van der Waals surface area contributed by atoms with Crippen molar-refractivity contribution in [3.8, 4) is 5.75 Å². The van der Waals surface area contributed by atoms with E-state index in [2.05, 4.69) is 120 Å². The number of benzene rings is 4. The zero-order valence-corrected chi connectivity index (χ0v) is 20.3. The van der Waals surface area contributed by atoms with E-state index < -0.39 is 0 Å². The number of rotatable bonds is 6. The van der Waals surface area contributed by atoms with Crippen molar-refractivity contribution < 1.29 is 5.11 Å². The van der Waals surface area contributed by atoms with Gasteiger partial charge in [-0.2, -0.15) is 0 Å². The Hall–Kier alpha value is -3.32. The van der Waals surface area contributed by atoms with Crippen LogP contribution >= 0.6 is 0 Å². The van der Waals surface area contributed by atoms with Gasteiger partial charge in [-0.05, 0) is 46.4 Å². The van der Waals surface area contributed by atoms with Gasteiger partial charge in [0.1, 0.15) is 5.75 Å². The Balaban J connectivity index is 1.73. The van der Waals surface area contributed by atoms with E-state index in [0.29, 0.717) is 11.7 Å². The molecule has 33 heavy (non-hydrogen) atoms. The molecule has 0 spiro atoms. The lowest BCUT2D eigenvalue weighted by Crippen LogP contribution is -2.20. The summed E-state index contributed by atoms with van der Waals surface area (Å²) >= 11 is 0. The molecule has 4 aromatic rings. The Morgan fingerprint density at radius 3 is 1.61 bits per heavy atom.